The third kappa shape index (κ3) is 4.89. The van der Waals surface area contributed by atoms with Crippen LogP contribution in [-0.4, -0.2) is 25.2 Å². The minimum absolute atomic E-state index is 0.0309. The van der Waals surface area contributed by atoms with Crippen molar-refractivity contribution in [3.63, 3.8) is 0 Å². The van der Waals surface area contributed by atoms with Crippen molar-refractivity contribution in [2.75, 3.05) is 18.5 Å². The number of fused-ring (bicyclic) bond motifs is 1. The first-order valence-corrected chi connectivity index (χ1v) is 8.55. The van der Waals surface area contributed by atoms with Crippen LogP contribution in [0.2, 0.25) is 0 Å². The lowest BCUT2D eigenvalue weighted by Gasteiger charge is -2.18. The Labute approximate surface area is 147 Å². The van der Waals surface area contributed by atoms with Crippen LogP contribution in [-0.2, 0) is 11.2 Å². The summed E-state index contributed by atoms with van der Waals surface area (Å²) in [5.41, 5.74) is 1.79. The van der Waals surface area contributed by atoms with Gasteiger partial charge in [0, 0.05) is 18.2 Å². The lowest BCUT2D eigenvalue weighted by molar-refractivity contribution is -0.116. The summed E-state index contributed by atoms with van der Waals surface area (Å²) in [6, 6.07) is 13.3. The zero-order chi connectivity index (χ0) is 17.6. The third-order valence-corrected chi connectivity index (χ3v) is 3.74. The summed E-state index contributed by atoms with van der Waals surface area (Å²) in [5.74, 6) is 2.24. The fraction of sp³-hybridized carbons (Fsp3) is 0.350. The highest BCUT2D eigenvalue weighted by Gasteiger charge is 2.12. The molecule has 3 rings (SSSR count). The van der Waals surface area contributed by atoms with Gasteiger partial charge in [0.25, 0.3) is 0 Å². The molecule has 0 unspecified atom stereocenters. The van der Waals surface area contributed by atoms with E-state index in [-0.39, 0.29) is 12.0 Å². The van der Waals surface area contributed by atoms with Crippen molar-refractivity contribution in [2.45, 2.75) is 32.8 Å². The molecule has 0 saturated carbocycles. The Kier molecular flexibility index (Phi) is 5.43. The SMILES string of the molecule is CC(C)Oc1cccc(NC(=O)CCc2ccc3c(c2)OCCO3)c1. The van der Waals surface area contributed by atoms with Gasteiger partial charge in [0.2, 0.25) is 5.91 Å². The lowest BCUT2D eigenvalue weighted by Crippen LogP contribution is -2.16. The molecule has 0 aromatic heterocycles. The van der Waals surface area contributed by atoms with Crippen molar-refractivity contribution in [1.29, 1.82) is 0 Å². The molecule has 2 aromatic carbocycles. The Hall–Kier alpha value is -2.69. The number of hydrogen-bond acceptors (Lipinski definition) is 4. The third-order valence-electron chi connectivity index (χ3n) is 3.74. The molecular formula is C20H23NO4. The molecule has 0 radical (unpaired) electrons. The minimum atomic E-state index is -0.0309. The quantitative estimate of drug-likeness (QED) is 0.868. The van der Waals surface area contributed by atoms with Crippen LogP contribution in [0, 0.1) is 0 Å². The number of hydrogen-bond donors (Lipinski definition) is 1. The van der Waals surface area contributed by atoms with Gasteiger partial charge >= 0.3 is 0 Å². The molecule has 1 amide bonds. The largest absolute Gasteiger partial charge is 0.491 e. The van der Waals surface area contributed by atoms with Gasteiger partial charge in [-0.15, -0.1) is 0 Å². The van der Waals surface area contributed by atoms with Gasteiger partial charge in [-0.25, -0.2) is 0 Å². The normalized spacial score (nSPS) is 12.8. The number of nitrogens with one attached hydrogen (secondary N) is 1. The number of amides is 1. The highest BCUT2D eigenvalue weighted by molar-refractivity contribution is 5.91. The molecule has 1 N–H and O–H groups in total. The summed E-state index contributed by atoms with van der Waals surface area (Å²) in [6.45, 7) is 5.08. The van der Waals surface area contributed by atoms with Crippen molar-refractivity contribution in [3.8, 4) is 17.2 Å². The lowest BCUT2D eigenvalue weighted by atomic mass is 10.1. The van der Waals surface area contributed by atoms with E-state index in [1.807, 2.05) is 56.3 Å². The maximum absolute atomic E-state index is 12.2. The van der Waals surface area contributed by atoms with E-state index < -0.39 is 0 Å². The number of rotatable bonds is 6. The number of carbonyl (C=O) groups excluding carboxylic acids is 1. The number of aryl methyl sites for hydroxylation is 1. The number of anilines is 1. The summed E-state index contributed by atoms with van der Waals surface area (Å²) < 4.78 is 16.7. The zero-order valence-corrected chi connectivity index (χ0v) is 14.6. The van der Waals surface area contributed by atoms with Gasteiger partial charge in [0.1, 0.15) is 19.0 Å². The molecule has 0 spiro atoms. The van der Waals surface area contributed by atoms with E-state index in [4.69, 9.17) is 14.2 Å². The summed E-state index contributed by atoms with van der Waals surface area (Å²) >= 11 is 0. The predicted octanol–water partition coefficient (Wildman–Crippen LogP) is 3.82. The summed E-state index contributed by atoms with van der Waals surface area (Å²) in [5, 5.41) is 2.91. The molecule has 1 heterocycles. The van der Waals surface area contributed by atoms with Crippen LogP contribution in [0.3, 0.4) is 0 Å². The highest BCUT2D eigenvalue weighted by Crippen LogP contribution is 2.31. The van der Waals surface area contributed by atoms with E-state index in [9.17, 15) is 4.79 Å². The highest BCUT2D eigenvalue weighted by atomic mass is 16.6. The van der Waals surface area contributed by atoms with Crippen molar-refractivity contribution in [1.82, 2.24) is 0 Å². The van der Waals surface area contributed by atoms with Crippen molar-refractivity contribution in [3.05, 3.63) is 48.0 Å². The first-order chi connectivity index (χ1) is 12.1. The van der Waals surface area contributed by atoms with Crippen LogP contribution in [0.25, 0.3) is 0 Å². The van der Waals surface area contributed by atoms with E-state index in [0.29, 0.717) is 26.1 Å². The molecular weight excluding hydrogens is 318 g/mol. The van der Waals surface area contributed by atoms with E-state index in [0.717, 1.165) is 28.5 Å². The molecule has 1 aliphatic rings. The number of carbonyl (C=O) groups is 1. The molecule has 25 heavy (non-hydrogen) atoms. The van der Waals surface area contributed by atoms with Crippen LogP contribution < -0.4 is 19.5 Å². The standard InChI is InChI=1S/C20H23NO4/c1-14(2)25-17-5-3-4-16(13-17)21-20(22)9-7-15-6-8-18-19(12-15)24-11-10-23-18/h3-6,8,12-14H,7,9-11H2,1-2H3,(H,21,22). The Morgan fingerprint density at radius 1 is 1.12 bits per heavy atom. The molecule has 2 aromatic rings. The Morgan fingerprint density at radius 3 is 2.72 bits per heavy atom. The maximum atomic E-state index is 12.2. The predicted molar refractivity (Wildman–Crippen MR) is 96.6 cm³/mol. The van der Waals surface area contributed by atoms with Gasteiger partial charge in [0.05, 0.1) is 6.10 Å². The topological polar surface area (TPSA) is 56.8 Å². The summed E-state index contributed by atoms with van der Waals surface area (Å²) in [6.07, 6.45) is 1.14. The number of ether oxygens (including phenoxy) is 3. The van der Waals surface area contributed by atoms with E-state index >= 15 is 0 Å². The summed E-state index contributed by atoms with van der Waals surface area (Å²) in [4.78, 5) is 12.2. The average molecular weight is 341 g/mol. The second-order valence-corrected chi connectivity index (χ2v) is 6.22. The first-order valence-electron chi connectivity index (χ1n) is 8.55. The van der Waals surface area contributed by atoms with Crippen LogP contribution in [0.1, 0.15) is 25.8 Å². The average Bonchev–Trinajstić information content (AvgIpc) is 2.59. The molecule has 1 aliphatic heterocycles. The van der Waals surface area contributed by atoms with Crippen molar-refractivity contribution in [2.24, 2.45) is 0 Å². The van der Waals surface area contributed by atoms with Crippen molar-refractivity contribution < 1.29 is 19.0 Å². The van der Waals surface area contributed by atoms with Gasteiger partial charge in [-0.1, -0.05) is 12.1 Å². The maximum Gasteiger partial charge on any atom is 0.224 e. The second-order valence-electron chi connectivity index (χ2n) is 6.22. The molecule has 132 valence electrons. The number of benzene rings is 2. The summed E-state index contributed by atoms with van der Waals surface area (Å²) in [7, 11) is 0. The first kappa shape index (κ1) is 17.1. The molecule has 0 fully saturated rings. The van der Waals surface area contributed by atoms with Crippen molar-refractivity contribution >= 4 is 11.6 Å². The van der Waals surface area contributed by atoms with Crippen LogP contribution in [0.15, 0.2) is 42.5 Å². The van der Waals surface area contributed by atoms with Crippen LogP contribution in [0.4, 0.5) is 5.69 Å². The van der Waals surface area contributed by atoms with Gasteiger partial charge in [-0.2, -0.15) is 0 Å². The van der Waals surface area contributed by atoms with Crippen LogP contribution in [0.5, 0.6) is 17.2 Å². The fourth-order valence-electron chi connectivity index (χ4n) is 2.64. The Morgan fingerprint density at radius 2 is 1.92 bits per heavy atom. The minimum Gasteiger partial charge on any atom is -0.491 e. The second kappa shape index (κ2) is 7.92. The van der Waals surface area contributed by atoms with Crippen LogP contribution >= 0.6 is 0 Å². The van der Waals surface area contributed by atoms with Gasteiger partial charge < -0.3 is 19.5 Å². The van der Waals surface area contributed by atoms with Gasteiger partial charge in [0.15, 0.2) is 11.5 Å². The Balaban J connectivity index is 1.54. The zero-order valence-electron chi connectivity index (χ0n) is 14.6. The van der Waals surface area contributed by atoms with Gasteiger partial charge in [-0.3, -0.25) is 4.79 Å². The van der Waals surface area contributed by atoms with Gasteiger partial charge in [-0.05, 0) is 50.1 Å². The molecule has 5 nitrogen and oxygen atoms in total. The van der Waals surface area contributed by atoms with E-state index in [1.165, 1.54) is 0 Å². The molecule has 0 saturated heterocycles. The molecule has 0 atom stereocenters. The fourth-order valence-corrected chi connectivity index (χ4v) is 2.64. The smallest absolute Gasteiger partial charge is 0.224 e. The van der Waals surface area contributed by atoms with E-state index in [1.54, 1.807) is 0 Å². The molecule has 5 heteroatoms. The molecule has 0 bridgehead atoms. The molecule has 0 aliphatic carbocycles. The Bertz CT molecular complexity index is 742. The monoisotopic (exact) mass is 341 g/mol. The van der Waals surface area contributed by atoms with E-state index in [2.05, 4.69) is 5.32 Å².